The fourth-order valence-electron chi connectivity index (χ4n) is 1.60. The first-order valence-electron chi connectivity index (χ1n) is 4.92. The molecule has 86 valence electrons. The zero-order valence-corrected chi connectivity index (χ0v) is 9.23. The number of carbonyl (C=O) groups is 2. The number of aliphatic hydroxyl groups excluding tert-OH is 1. The Labute approximate surface area is 93.5 Å². The fraction of sp³-hybridized carbons (Fsp3) is 0.333. The van der Waals surface area contributed by atoms with Crippen LogP contribution in [0, 0.1) is 6.92 Å². The summed E-state index contributed by atoms with van der Waals surface area (Å²) in [5.74, 6) is -1.37. The van der Waals surface area contributed by atoms with Crippen molar-refractivity contribution in [2.24, 2.45) is 0 Å². The standard InChI is InChI=1S/C12H14O4/c1-7-4-3-5-9(11(14)12(15)16)10(7)6-8(2)13/h3-5,11,14H,6H2,1-2H3,(H,15,16). The summed E-state index contributed by atoms with van der Waals surface area (Å²) >= 11 is 0. The molecule has 1 rings (SSSR count). The van der Waals surface area contributed by atoms with Gasteiger partial charge in [0.2, 0.25) is 0 Å². The Balaban J connectivity index is 3.22. The van der Waals surface area contributed by atoms with Crippen LogP contribution in [-0.4, -0.2) is 22.0 Å². The van der Waals surface area contributed by atoms with E-state index in [9.17, 15) is 14.7 Å². The lowest BCUT2D eigenvalue weighted by molar-refractivity contribution is -0.147. The summed E-state index contributed by atoms with van der Waals surface area (Å²) in [7, 11) is 0. The second kappa shape index (κ2) is 4.90. The van der Waals surface area contributed by atoms with Crippen LogP contribution in [0.5, 0.6) is 0 Å². The van der Waals surface area contributed by atoms with E-state index in [0.29, 0.717) is 11.1 Å². The van der Waals surface area contributed by atoms with Crippen LogP contribution in [0.1, 0.15) is 29.7 Å². The van der Waals surface area contributed by atoms with Gasteiger partial charge in [0.1, 0.15) is 5.78 Å². The van der Waals surface area contributed by atoms with Crippen molar-refractivity contribution in [1.82, 2.24) is 0 Å². The van der Waals surface area contributed by atoms with Gasteiger partial charge in [-0.15, -0.1) is 0 Å². The Morgan fingerprint density at radius 2 is 2.00 bits per heavy atom. The van der Waals surface area contributed by atoms with Gasteiger partial charge in [-0.1, -0.05) is 18.2 Å². The van der Waals surface area contributed by atoms with Gasteiger partial charge in [-0.2, -0.15) is 0 Å². The van der Waals surface area contributed by atoms with Crippen molar-refractivity contribution in [3.63, 3.8) is 0 Å². The third kappa shape index (κ3) is 2.67. The number of hydrogen-bond donors (Lipinski definition) is 2. The summed E-state index contributed by atoms with van der Waals surface area (Å²) in [6.07, 6.45) is -1.43. The van der Waals surface area contributed by atoms with Gasteiger partial charge in [0.05, 0.1) is 0 Å². The minimum absolute atomic E-state index is 0.0619. The number of ketones is 1. The first kappa shape index (κ1) is 12.4. The minimum atomic E-state index is -1.57. The topological polar surface area (TPSA) is 74.6 Å². The summed E-state index contributed by atoms with van der Waals surface area (Å²) in [5, 5.41) is 18.3. The lowest BCUT2D eigenvalue weighted by Crippen LogP contribution is -2.14. The van der Waals surface area contributed by atoms with Crippen LogP contribution in [0.15, 0.2) is 18.2 Å². The van der Waals surface area contributed by atoms with E-state index in [2.05, 4.69) is 0 Å². The van der Waals surface area contributed by atoms with Gasteiger partial charge >= 0.3 is 5.97 Å². The van der Waals surface area contributed by atoms with Crippen molar-refractivity contribution in [3.8, 4) is 0 Å². The van der Waals surface area contributed by atoms with Crippen molar-refractivity contribution in [1.29, 1.82) is 0 Å². The molecule has 4 heteroatoms. The first-order chi connectivity index (χ1) is 7.43. The monoisotopic (exact) mass is 222 g/mol. The molecule has 0 saturated carbocycles. The molecule has 0 heterocycles. The molecule has 1 atom stereocenters. The van der Waals surface area contributed by atoms with Crippen molar-refractivity contribution in [2.75, 3.05) is 0 Å². The smallest absolute Gasteiger partial charge is 0.337 e. The normalized spacial score (nSPS) is 12.2. The highest BCUT2D eigenvalue weighted by molar-refractivity contribution is 5.81. The predicted molar refractivity (Wildman–Crippen MR) is 58.2 cm³/mol. The number of aliphatic carboxylic acids is 1. The SMILES string of the molecule is CC(=O)Cc1c(C)cccc1C(O)C(=O)O. The summed E-state index contributed by atoms with van der Waals surface area (Å²) in [4.78, 5) is 21.8. The molecule has 0 bridgehead atoms. The van der Waals surface area contributed by atoms with Crippen LogP contribution in [0.2, 0.25) is 0 Å². The second-order valence-corrected chi connectivity index (χ2v) is 3.76. The van der Waals surface area contributed by atoms with Gasteiger partial charge in [-0.25, -0.2) is 4.79 Å². The lowest BCUT2D eigenvalue weighted by atomic mass is 9.94. The first-order valence-corrected chi connectivity index (χ1v) is 4.92. The average Bonchev–Trinajstić information content (AvgIpc) is 2.19. The maximum atomic E-state index is 11.1. The molecule has 4 nitrogen and oxygen atoms in total. The van der Waals surface area contributed by atoms with E-state index in [0.717, 1.165) is 5.56 Å². The molecule has 0 spiro atoms. The molecule has 1 aromatic carbocycles. The van der Waals surface area contributed by atoms with Crippen molar-refractivity contribution < 1.29 is 19.8 Å². The van der Waals surface area contributed by atoms with Gasteiger partial charge < -0.3 is 10.2 Å². The molecular formula is C12H14O4. The Morgan fingerprint density at radius 3 is 2.50 bits per heavy atom. The van der Waals surface area contributed by atoms with Crippen LogP contribution in [-0.2, 0) is 16.0 Å². The Kier molecular flexibility index (Phi) is 3.79. The Hall–Kier alpha value is -1.68. The number of carboxylic acids is 1. The largest absolute Gasteiger partial charge is 0.479 e. The number of aryl methyl sites for hydroxylation is 1. The van der Waals surface area contributed by atoms with E-state index in [1.807, 2.05) is 0 Å². The summed E-state index contributed by atoms with van der Waals surface area (Å²) in [5.41, 5.74) is 1.71. The molecule has 0 aliphatic rings. The van der Waals surface area contributed by atoms with Gasteiger partial charge in [0.25, 0.3) is 0 Å². The maximum absolute atomic E-state index is 11.1. The van der Waals surface area contributed by atoms with Gasteiger partial charge in [-0.3, -0.25) is 4.79 Å². The van der Waals surface area contributed by atoms with Crippen molar-refractivity contribution in [2.45, 2.75) is 26.4 Å². The molecule has 0 amide bonds. The number of rotatable bonds is 4. The van der Waals surface area contributed by atoms with E-state index in [4.69, 9.17) is 5.11 Å². The molecule has 0 saturated heterocycles. The quantitative estimate of drug-likeness (QED) is 0.803. The maximum Gasteiger partial charge on any atom is 0.337 e. The van der Waals surface area contributed by atoms with E-state index < -0.39 is 12.1 Å². The van der Waals surface area contributed by atoms with E-state index in [-0.39, 0.29) is 12.2 Å². The average molecular weight is 222 g/mol. The molecule has 1 aromatic rings. The highest BCUT2D eigenvalue weighted by Crippen LogP contribution is 2.22. The van der Waals surface area contributed by atoms with Gasteiger partial charge in [0, 0.05) is 6.42 Å². The molecule has 0 aromatic heterocycles. The molecule has 0 fully saturated rings. The Morgan fingerprint density at radius 1 is 1.38 bits per heavy atom. The van der Waals surface area contributed by atoms with Crippen LogP contribution in [0.25, 0.3) is 0 Å². The molecule has 16 heavy (non-hydrogen) atoms. The van der Waals surface area contributed by atoms with E-state index in [1.165, 1.54) is 13.0 Å². The van der Waals surface area contributed by atoms with Crippen LogP contribution in [0.4, 0.5) is 0 Å². The number of carboxylic acid groups (broad SMARTS) is 1. The molecule has 1 unspecified atom stereocenters. The highest BCUT2D eigenvalue weighted by atomic mass is 16.4. The third-order valence-electron chi connectivity index (χ3n) is 2.40. The molecular weight excluding hydrogens is 208 g/mol. The van der Waals surface area contributed by atoms with Crippen LogP contribution in [0.3, 0.4) is 0 Å². The molecule has 0 radical (unpaired) electrons. The van der Waals surface area contributed by atoms with Gasteiger partial charge in [-0.05, 0) is 30.5 Å². The number of Topliss-reactive ketones (excluding diaryl/α,β-unsaturated/α-hetero) is 1. The van der Waals surface area contributed by atoms with Crippen LogP contribution < -0.4 is 0 Å². The van der Waals surface area contributed by atoms with Crippen LogP contribution >= 0.6 is 0 Å². The number of benzene rings is 1. The van der Waals surface area contributed by atoms with E-state index >= 15 is 0 Å². The molecule has 0 aliphatic carbocycles. The lowest BCUT2D eigenvalue weighted by Gasteiger charge is -2.13. The minimum Gasteiger partial charge on any atom is -0.479 e. The summed E-state index contributed by atoms with van der Waals surface area (Å²) in [6.45, 7) is 3.22. The zero-order chi connectivity index (χ0) is 12.3. The predicted octanol–water partition coefficient (Wildman–Crippen LogP) is 1.24. The zero-order valence-electron chi connectivity index (χ0n) is 9.23. The number of aliphatic hydroxyl groups is 1. The summed E-state index contributed by atoms with van der Waals surface area (Å²) < 4.78 is 0. The Bertz CT molecular complexity index is 423. The molecule has 2 N–H and O–H groups in total. The fourth-order valence-corrected chi connectivity index (χ4v) is 1.60. The highest BCUT2D eigenvalue weighted by Gasteiger charge is 2.20. The number of carbonyl (C=O) groups excluding carboxylic acids is 1. The van der Waals surface area contributed by atoms with Crippen molar-refractivity contribution in [3.05, 3.63) is 34.9 Å². The van der Waals surface area contributed by atoms with E-state index in [1.54, 1.807) is 19.1 Å². The van der Waals surface area contributed by atoms with Crippen molar-refractivity contribution >= 4 is 11.8 Å². The summed E-state index contributed by atoms with van der Waals surface area (Å²) in [6, 6.07) is 4.99. The number of hydrogen-bond acceptors (Lipinski definition) is 3. The third-order valence-corrected chi connectivity index (χ3v) is 2.40. The second-order valence-electron chi connectivity index (χ2n) is 3.76. The van der Waals surface area contributed by atoms with Gasteiger partial charge in [0.15, 0.2) is 6.10 Å². The molecule has 0 aliphatic heterocycles.